The molecule has 84 valence electrons. The molecule has 0 fully saturated rings. The van der Waals surface area contributed by atoms with E-state index in [4.69, 9.17) is 10.5 Å². The van der Waals surface area contributed by atoms with E-state index in [9.17, 15) is 8.42 Å². The largest absolute Gasteiger partial charge is 0.496 e. The van der Waals surface area contributed by atoms with Crippen molar-refractivity contribution < 1.29 is 13.2 Å². The fourth-order valence-corrected chi connectivity index (χ4v) is 2.22. The van der Waals surface area contributed by atoms with Crippen LogP contribution in [-0.4, -0.2) is 27.5 Å². The number of methoxy groups -OCH3 is 1. The molecule has 1 aromatic carbocycles. The molecule has 0 bridgehead atoms. The molecule has 5 heteroatoms. The summed E-state index contributed by atoms with van der Waals surface area (Å²) < 4.78 is 27.3. The number of sulfone groups is 1. The van der Waals surface area contributed by atoms with Gasteiger partial charge < -0.3 is 10.5 Å². The van der Waals surface area contributed by atoms with Crippen molar-refractivity contribution in [2.75, 3.05) is 19.1 Å². The summed E-state index contributed by atoms with van der Waals surface area (Å²) in [6.45, 7) is 0. The molecule has 1 atom stereocenters. The number of ether oxygens (including phenoxy) is 1. The molecule has 0 aliphatic heterocycles. The highest BCUT2D eigenvalue weighted by Gasteiger charge is 2.16. The summed E-state index contributed by atoms with van der Waals surface area (Å²) in [5.74, 6) is 0.543. The van der Waals surface area contributed by atoms with E-state index in [2.05, 4.69) is 0 Å². The predicted molar refractivity (Wildman–Crippen MR) is 59.6 cm³/mol. The third kappa shape index (κ3) is 3.53. The van der Waals surface area contributed by atoms with Gasteiger partial charge in [-0.3, -0.25) is 0 Å². The van der Waals surface area contributed by atoms with E-state index in [1.165, 1.54) is 13.4 Å². The summed E-state index contributed by atoms with van der Waals surface area (Å²) in [4.78, 5) is 0. The molecule has 1 unspecified atom stereocenters. The molecule has 1 aromatic rings. The molecule has 0 aliphatic carbocycles. The Balaban J connectivity index is 2.95. The Hall–Kier alpha value is -1.07. The maximum absolute atomic E-state index is 11.1. The van der Waals surface area contributed by atoms with Crippen molar-refractivity contribution in [1.82, 2.24) is 0 Å². The first kappa shape index (κ1) is 12.0. The highest BCUT2D eigenvalue weighted by molar-refractivity contribution is 7.90. The van der Waals surface area contributed by atoms with Gasteiger partial charge in [-0.2, -0.15) is 0 Å². The third-order valence-electron chi connectivity index (χ3n) is 2.02. The molecular weight excluding hydrogens is 214 g/mol. The SMILES string of the molecule is COc1ccccc1C(N)CS(C)(=O)=O. The summed E-state index contributed by atoms with van der Waals surface area (Å²) in [7, 11) is -1.54. The van der Waals surface area contributed by atoms with Crippen LogP contribution in [0.4, 0.5) is 0 Å². The van der Waals surface area contributed by atoms with Crippen LogP contribution in [0.5, 0.6) is 5.75 Å². The van der Waals surface area contributed by atoms with Crippen LogP contribution in [0.2, 0.25) is 0 Å². The fraction of sp³-hybridized carbons (Fsp3) is 0.400. The van der Waals surface area contributed by atoms with Crippen molar-refractivity contribution in [2.45, 2.75) is 6.04 Å². The molecular formula is C10H15NO3S. The van der Waals surface area contributed by atoms with E-state index in [0.717, 1.165) is 0 Å². The zero-order chi connectivity index (χ0) is 11.5. The third-order valence-corrected chi connectivity index (χ3v) is 2.99. The van der Waals surface area contributed by atoms with Gasteiger partial charge in [0.25, 0.3) is 0 Å². The molecule has 0 amide bonds. The molecule has 0 aromatic heterocycles. The van der Waals surface area contributed by atoms with E-state index in [-0.39, 0.29) is 5.75 Å². The Bertz CT molecular complexity index is 428. The van der Waals surface area contributed by atoms with Gasteiger partial charge in [-0.1, -0.05) is 18.2 Å². The lowest BCUT2D eigenvalue weighted by Gasteiger charge is -2.14. The average molecular weight is 229 g/mol. The van der Waals surface area contributed by atoms with Gasteiger partial charge in [0, 0.05) is 17.9 Å². The van der Waals surface area contributed by atoms with Gasteiger partial charge in [0.2, 0.25) is 0 Å². The van der Waals surface area contributed by atoms with Gasteiger partial charge in [0.05, 0.1) is 12.9 Å². The first-order chi connectivity index (χ1) is 6.94. The normalized spacial score (nSPS) is 13.5. The maximum atomic E-state index is 11.1. The van der Waals surface area contributed by atoms with Gasteiger partial charge in [-0.05, 0) is 6.07 Å². The number of hydrogen-bond acceptors (Lipinski definition) is 4. The Morgan fingerprint density at radius 1 is 1.40 bits per heavy atom. The van der Waals surface area contributed by atoms with Crippen molar-refractivity contribution in [2.24, 2.45) is 5.73 Å². The zero-order valence-electron chi connectivity index (χ0n) is 8.80. The Morgan fingerprint density at radius 2 is 2.00 bits per heavy atom. The molecule has 0 saturated heterocycles. The molecule has 4 nitrogen and oxygen atoms in total. The van der Waals surface area contributed by atoms with Crippen LogP contribution in [-0.2, 0) is 9.84 Å². The zero-order valence-corrected chi connectivity index (χ0v) is 9.62. The van der Waals surface area contributed by atoms with Gasteiger partial charge in [-0.25, -0.2) is 8.42 Å². The second-order valence-electron chi connectivity index (χ2n) is 3.44. The lowest BCUT2D eigenvalue weighted by molar-refractivity contribution is 0.407. The quantitative estimate of drug-likeness (QED) is 0.826. The molecule has 0 spiro atoms. The topological polar surface area (TPSA) is 69.4 Å². The van der Waals surface area contributed by atoms with E-state index in [1.807, 2.05) is 6.07 Å². The molecule has 15 heavy (non-hydrogen) atoms. The van der Waals surface area contributed by atoms with E-state index in [0.29, 0.717) is 11.3 Å². The van der Waals surface area contributed by atoms with Crippen LogP contribution in [0, 0.1) is 0 Å². The summed E-state index contributed by atoms with van der Waals surface area (Å²) in [6, 6.07) is 6.61. The van der Waals surface area contributed by atoms with Crippen LogP contribution in [0.25, 0.3) is 0 Å². The number of benzene rings is 1. The fourth-order valence-electron chi connectivity index (χ4n) is 1.39. The van der Waals surface area contributed by atoms with Crippen LogP contribution >= 0.6 is 0 Å². The van der Waals surface area contributed by atoms with E-state index >= 15 is 0 Å². The van der Waals surface area contributed by atoms with E-state index < -0.39 is 15.9 Å². The first-order valence-electron chi connectivity index (χ1n) is 4.50. The van der Waals surface area contributed by atoms with E-state index in [1.54, 1.807) is 18.2 Å². The molecule has 0 radical (unpaired) electrons. The highest BCUT2D eigenvalue weighted by Crippen LogP contribution is 2.23. The minimum Gasteiger partial charge on any atom is -0.496 e. The number of nitrogens with two attached hydrogens (primary N) is 1. The minimum atomic E-state index is -3.08. The molecule has 0 saturated carbocycles. The number of para-hydroxylation sites is 1. The Labute approximate surface area is 90.0 Å². The van der Waals surface area contributed by atoms with Crippen LogP contribution in [0.1, 0.15) is 11.6 Å². The van der Waals surface area contributed by atoms with Crippen LogP contribution in [0.3, 0.4) is 0 Å². The second kappa shape index (κ2) is 4.63. The smallest absolute Gasteiger partial charge is 0.149 e. The monoisotopic (exact) mass is 229 g/mol. The lowest BCUT2D eigenvalue weighted by atomic mass is 10.1. The van der Waals surface area contributed by atoms with Gasteiger partial charge in [0.1, 0.15) is 15.6 Å². The number of rotatable bonds is 4. The molecule has 0 heterocycles. The van der Waals surface area contributed by atoms with Crippen molar-refractivity contribution in [3.8, 4) is 5.75 Å². The standard InChI is InChI=1S/C10H15NO3S/c1-14-10-6-4-3-5-8(10)9(11)7-15(2,12)13/h3-6,9H,7,11H2,1-2H3. The van der Waals surface area contributed by atoms with Gasteiger partial charge >= 0.3 is 0 Å². The molecule has 1 rings (SSSR count). The summed E-state index contributed by atoms with van der Waals surface area (Å²) in [5, 5.41) is 0. The van der Waals surface area contributed by atoms with Crippen LogP contribution < -0.4 is 10.5 Å². The van der Waals surface area contributed by atoms with Crippen molar-refractivity contribution in [3.05, 3.63) is 29.8 Å². The van der Waals surface area contributed by atoms with Gasteiger partial charge in [-0.15, -0.1) is 0 Å². The second-order valence-corrected chi connectivity index (χ2v) is 5.63. The highest BCUT2D eigenvalue weighted by atomic mass is 32.2. The van der Waals surface area contributed by atoms with Gasteiger partial charge in [0.15, 0.2) is 0 Å². The molecule has 0 aliphatic rings. The summed E-state index contributed by atoms with van der Waals surface area (Å²) in [6.07, 6.45) is 1.17. The summed E-state index contributed by atoms with van der Waals surface area (Å²) >= 11 is 0. The lowest BCUT2D eigenvalue weighted by Crippen LogP contribution is -2.21. The van der Waals surface area contributed by atoms with Crippen molar-refractivity contribution >= 4 is 9.84 Å². The average Bonchev–Trinajstić information content (AvgIpc) is 2.15. The van der Waals surface area contributed by atoms with Crippen molar-refractivity contribution in [1.29, 1.82) is 0 Å². The summed E-state index contributed by atoms with van der Waals surface area (Å²) in [5.41, 5.74) is 6.51. The maximum Gasteiger partial charge on any atom is 0.149 e. The predicted octanol–water partition coefficient (Wildman–Crippen LogP) is 0.740. The van der Waals surface area contributed by atoms with Crippen molar-refractivity contribution in [3.63, 3.8) is 0 Å². The minimum absolute atomic E-state index is 0.0760. The first-order valence-corrected chi connectivity index (χ1v) is 6.56. The Kier molecular flexibility index (Phi) is 3.71. The Morgan fingerprint density at radius 3 is 2.53 bits per heavy atom. The van der Waals surface area contributed by atoms with Crippen LogP contribution in [0.15, 0.2) is 24.3 Å². The number of hydrogen-bond donors (Lipinski definition) is 1. The molecule has 2 N–H and O–H groups in total.